The quantitative estimate of drug-likeness (QED) is 0.703. The van der Waals surface area contributed by atoms with Crippen molar-refractivity contribution in [2.45, 2.75) is 33.2 Å². The summed E-state index contributed by atoms with van der Waals surface area (Å²) in [5.74, 6) is -0.603. The first-order chi connectivity index (χ1) is 9.92. The predicted molar refractivity (Wildman–Crippen MR) is 84.2 cm³/mol. The Morgan fingerprint density at radius 2 is 2.05 bits per heavy atom. The number of hydrogen-bond donors (Lipinski definition) is 3. The number of carboxylic acids is 1. The van der Waals surface area contributed by atoms with Crippen LogP contribution in [0, 0.1) is 5.92 Å². The minimum atomic E-state index is -1.01. The first-order valence-electron chi connectivity index (χ1n) is 7.01. The zero-order chi connectivity index (χ0) is 15.8. The van der Waals surface area contributed by atoms with Crippen LogP contribution >= 0.6 is 0 Å². The lowest BCUT2D eigenvalue weighted by Gasteiger charge is -2.20. The Hall–Kier alpha value is -2.30. The van der Waals surface area contributed by atoms with Gasteiger partial charge >= 0.3 is 12.0 Å². The number of urea groups is 1. The summed E-state index contributed by atoms with van der Waals surface area (Å²) in [6, 6.07) is 6.82. The van der Waals surface area contributed by atoms with Crippen LogP contribution in [0.25, 0.3) is 6.08 Å². The summed E-state index contributed by atoms with van der Waals surface area (Å²) < 4.78 is 0. The highest BCUT2D eigenvalue weighted by molar-refractivity contribution is 5.90. The number of benzene rings is 1. The minimum Gasteiger partial charge on any atom is -0.478 e. The fraction of sp³-hybridized carbons (Fsp3) is 0.375. The van der Waals surface area contributed by atoms with E-state index >= 15 is 0 Å². The largest absolute Gasteiger partial charge is 0.478 e. The molecule has 5 heteroatoms. The molecule has 0 radical (unpaired) electrons. The average molecular weight is 290 g/mol. The van der Waals surface area contributed by atoms with E-state index in [0.29, 0.717) is 17.2 Å². The Morgan fingerprint density at radius 1 is 1.33 bits per heavy atom. The van der Waals surface area contributed by atoms with Gasteiger partial charge in [0.2, 0.25) is 0 Å². The van der Waals surface area contributed by atoms with Gasteiger partial charge in [-0.2, -0.15) is 0 Å². The number of rotatable bonds is 6. The maximum Gasteiger partial charge on any atom is 0.328 e. The Bertz CT molecular complexity index is 526. The lowest BCUT2D eigenvalue weighted by atomic mass is 10.0. The van der Waals surface area contributed by atoms with E-state index in [1.807, 2.05) is 6.92 Å². The molecule has 2 amide bonds. The molecular formula is C16H22N2O3. The van der Waals surface area contributed by atoms with Gasteiger partial charge in [0, 0.05) is 17.8 Å². The fourth-order valence-corrected chi connectivity index (χ4v) is 1.76. The summed E-state index contributed by atoms with van der Waals surface area (Å²) in [5, 5.41) is 14.2. The van der Waals surface area contributed by atoms with E-state index in [2.05, 4.69) is 24.5 Å². The summed E-state index contributed by atoms with van der Waals surface area (Å²) in [6.45, 7) is 6.14. The molecule has 1 aromatic rings. The molecule has 0 spiro atoms. The van der Waals surface area contributed by atoms with Crippen molar-refractivity contribution in [3.8, 4) is 0 Å². The lowest BCUT2D eigenvalue weighted by Crippen LogP contribution is -2.39. The van der Waals surface area contributed by atoms with Gasteiger partial charge in [-0.3, -0.25) is 0 Å². The second-order valence-corrected chi connectivity index (χ2v) is 5.07. The van der Waals surface area contributed by atoms with E-state index in [4.69, 9.17) is 5.11 Å². The number of carboxylic acid groups (broad SMARTS) is 1. The molecule has 0 heterocycles. The normalized spacial score (nSPS) is 13.7. The standard InChI is InChI=1S/C16H22N2O3/c1-4-11(2)12(3)17-16(21)18-14-7-5-6-13(10-14)8-9-15(19)20/h5-12H,4H2,1-3H3,(H,19,20)(H2,17,18,21)/b9-8+. The van der Waals surface area contributed by atoms with Gasteiger partial charge in [0.15, 0.2) is 0 Å². The molecule has 0 saturated heterocycles. The zero-order valence-electron chi connectivity index (χ0n) is 12.6. The van der Waals surface area contributed by atoms with Crippen LogP contribution in [-0.4, -0.2) is 23.1 Å². The maximum absolute atomic E-state index is 11.9. The van der Waals surface area contributed by atoms with Crippen molar-refractivity contribution >= 4 is 23.8 Å². The molecule has 2 atom stereocenters. The van der Waals surface area contributed by atoms with Gasteiger partial charge < -0.3 is 15.7 Å². The molecule has 0 bridgehead atoms. The average Bonchev–Trinajstić information content (AvgIpc) is 2.44. The van der Waals surface area contributed by atoms with E-state index in [-0.39, 0.29) is 12.1 Å². The Morgan fingerprint density at radius 3 is 2.67 bits per heavy atom. The molecule has 0 aliphatic carbocycles. The number of nitrogens with one attached hydrogen (secondary N) is 2. The highest BCUT2D eigenvalue weighted by atomic mass is 16.4. The van der Waals surface area contributed by atoms with Crippen LogP contribution in [-0.2, 0) is 4.79 Å². The molecule has 0 aromatic heterocycles. The maximum atomic E-state index is 11.9. The summed E-state index contributed by atoms with van der Waals surface area (Å²) in [7, 11) is 0. The minimum absolute atomic E-state index is 0.0880. The topological polar surface area (TPSA) is 78.4 Å². The van der Waals surface area contributed by atoms with Crippen LogP contribution in [0.4, 0.5) is 10.5 Å². The Labute approximate surface area is 125 Å². The van der Waals surface area contributed by atoms with Crippen molar-refractivity contribution in [2.75, 3.05) is 5.32 Å². The van der Waals surface area contributed by atoms with Crippen molar-refractivity contribution in [3.63, 3.8) is 0 Å². The third-order valence-electron chi connectivity index (χ3n) is 3.42. The fourth-order valence-electron chi connectivity index (χ4n) is 1.76. The van der Waals surface area contributed by atoms with Crippen LogP contribution in [0.15, 0.2) is 30.3 Å². The van der Waals surface area contributed by atoms with Gasteiger partial charge in [-0.05, 0) is 36.6 Å². The van der Waals surface area contributed by atoms with Crippen LogP contribution in [0.3, 0.4) is 0 Å². The van der Waals surface area contributed by atoms with Crippen LogP contribution < -0.4 is 10.6 Å². The Balaban J connectivity index is 2.64. The van der Waals surface area contributed by atoms with Crippen molar-refractivity contribution in [1.29, 1.82) is 0 Å². The predicted octanol–water partition coefficient (Wildman–Crippen LogP) is 3.34. The van der Waals surface area contributed by atoms with Gasteiger partial charge in [-0.15, -0.1) is 0 Å². The molecule has 3 N–H and O–H groups in total. The second-order valence-electron chi connectivity index (χ2n) is 5.07. The molecule has 5 nitrogen and oxygen atoms in total. The third kappa shape index (κ3) is 6.12. The SMILES string of the molecule is CCC(C)C(C)NC(=O)Nc1cccc(/C=C/C(=O)O)c1. The summed E-state index contributed by atoms with van der Waals surface area (Å²) in [4.78, 5) is 22.4. The Kier molecular flexibility index (Phi) is 6.46. The van der Waals surface area contributed by atoms with E-state index < -0.39 is 5.97 Å². The van der Waals surface area contributed by atoms with Crippen LogP contribution in [0.1, 0.15) is 32.8 Å². The van der Waals surface area contributed by atoms with Crippen LogP contribution in [0.2, 0.25) is 0 Å². The van der Waals surface area contributed by atoms with Crippen molar-refractivity contribution in [1.82, 2.24) is 5.32 Å². The van der Waals surface area contributed by atoms with E-state index in [1.54, 1.807) is 24.3 Å². The number of carbonyl (C=O) groups excluding carboxylic acids is 1. The number of anilines is 1. The van der Waals surface area contributed by atoms with Gasteiger partial charge in [0.25, 0.3) is 0 Å². The van der Waals surface area contributed by atoms with E-state index in [1.165, 1.54) is 6.08 Å². The number of hydrogen-bond acceptors (Lipinski definition) is 2. The lowest BCUT2D eigenvalue weighted by molar-refractivity contribution is -0.131. The summed E-state index contributed by atoms with van der Waals surface area (Å²) >= 11 is 0. The second kappa shape index (κ2) is 8.09. The monoisotopic (exact) mass is 290 g/mol. The highest BCUT2D eigenvalue weighted by Gasteiger charge is 2.12. The van der Waals surface area contributed by atoms with Crippen molar-refractivity contribution < 1.29 is 14.7 Å². The van der Waals surface area contributed by atoms with Crippen molar-refractivity contribution in [3.05, 3.63) is 35.9 Å². The molecule has 1 rings (SSSR count). The van der Waals surface area contributed by atoms with Gasteiger partial charge in [-0.25, -0.2) is 9.59 Å². The molecule has 0 aliphatic rings. The summed E-state index contributed by atoms with van der Waals surface area (Å²) in [5.41, 5.74) is 1.33. The van der Waals surface area contributed by atoms with E-state index in [9.17, 15) is 9.59 Å². The first kappa shape index (κ1) is 16.8. The number of amides is 2. The molecule has 0 fully saturated rings. The highest BCUT2D eigenvalue weighted by Crippen LogP contribution is 2.12. The number of aliphatic carboxylic acids is 1. The molecule has 21 heavy (non-hydrogen) atoms. The van der Waals surface area contributed by atoms with Gasteiger partial charge in [0.1, 0.15) is 0 Å². The smallest absolute Gasteiger partial charge is 0.328 e. The molecule has 114 valence electrons. The van der Waals surface area contributed by atoms with Crippen LogP contribution in [0.5, 0.6) is 0 Å². The molecule has 1 aromatic carbocycles. The zero-order valence-corrected chi connectivity index (χ0v) is 12.6. The molecule has 0 saturated carbocycles. The molecule has 0 aliphatic heterocycles. The van der Waals surface area contributed by atoms with Crippen molar-refractivity contribution in [2.24, 2.45) is 5.92 Å². The van der Waals surface area contributed by atoms with Gasteiger partial charge in [-0.1, -0.05) is 32.4 Å². The number of carbonyl (C=O) groups is 2. The third-order valence-corrected chi connectivity index (χ3v) is 3.42. The molecule has 2 unspecified atom stereocenters. The van der Waals surface area contributed by atoms with E-state index in [0.717, 1.165) is 12.5 Å². The first-order valence-corrected chi connectivity index (χ1v) is 7.01. The summed E-state index contributed by atoms with van der Waals surface area (Å²) in [6.07, 6.45) is 3.54. The molecular weight excluding hydrogens is 268 g/mol. The van der Waals surface area contributed by atoms with Gasteiger partial charge in [0.05, 0.1) is 0 Å².